The molecule has 2 heterocycles. The highest BCUT2D eigenvalue weighted by Crippen LogP contribution is 2.30. The third-order valence-corrected chi connectivity index (χ3v) is 3.80. The molecule has 4 aromatic rings. The van der Waals surface area contributed by atoms with Crippen LogP contribution in [0.25, 0.3) is 22.1 Å². The van der Waals surface area contributed by atoms with E-state index in [4.69, 9.17) is 20.8 Å². The fourth-order valence-corrected chi connectivity index (χ4v) is 2.62. The number of nitrogens with zero attached hydrogens (tertiary/aromatic N) is 2. The lowest BCUT2D eigenvalue weighted by molar-refractivity contribution is 0.441. The van der Waals surface area contributed by atoms with Gasteiger partial charge in [0, 0.05) is 17.5 Å². The molecule has 2 aromatic heterocycles. The molecule has 0 aliphatic carbocycles. The van der Waals surface area contributed by atoms with Crippen molar-refractivity contribution in [1.82, 2.24) is 9.97 Å². The van der Waals surface area contributed by atoms with E-state index in [9.17, 15) is 4.79 Å². The van der Waals surface area contributed by atoms with E-state index in [2.05, 4.69) is 9.97 Å². The Labute approximate surface area is 147 Å². The molecule has 5 nitrogen and oxygen atoms in total. The smallest absolute Gasteiger partial charge is 0.336 e. The van der Waals surface area contributed by atoms with Crippen LogP contribution in [-0.4, -0.2) is 9.97 Å². The van der Waals surface area contributed by atoms with Crippen LogP contribution in [0.3, 0.4) is 0 Å². The zero-order valence-electron chi connectivity index (χ0n) is 12.8. The molecule has 6 heteroatoms. The van der Waals surface area contributed by atoms with Crippen LogP contribution in [0, 0.1) is 0 Å². The molecule has 25 heavy (non-hydrogen) atoms. The molecule has 0 atom stereocenters. The number of ether oxygens (including phenoxy) is 1. The zero-order valence-corrected chi connectivity index (χ0v) is 13.6. The number of halogens is 1. The molecule has 0 bridgehead atoms. The Morgan fingerprint density at radius 3 is 2.48 bits per heavy atom. The predicted molar refractivity (Wildman–Crippen MR) is 95.0 cm³/mol. The van der Waals surface area contributed by atoms with Crippen LogP contribution in [0.1, 0.15) is 0 Å². The molecule has 0 spiro atoms. The van der Waals surface area contributed by atoms with E-state index in [1.54, 1.807) is 12.1 Å². The van der Waals surface area contributed by atoms with E-state index >= 15 is 0 Å². The summed E-state index contributed by atoms with van der Waals surface area (Å²) in [6.45, 7) is 0. The molecule has 0 unspecified atom stereocenters. The number of hydrogen-bond acceptors (Lipinski definition) is 5. The standard InChI is InChI=1S/C19H11ClN2O3/c20-13-10-21-19(22-11-13)24-14-6-7-15-16(12-4-2-1-3-5-12)9-18(23)25-17(15)8-14/h1-11H. The number of rotatable bonds is 3. The summed E-state index contributed by atoms with van der Waals surface area (Å²) in [4.78, 5) is 19.9. The maximum Gasteiger partial charge on any atom is 0.336 e. The van der Waals surface area contributed by atoms with Gasteiger partial charge in [0.25, 0.3) is 0 Å². The first kappa shape index (κ1) is 15.4. The van der Waals surface area contributed by atoms with E-state index in [0.29, 0.717) is 16.4 Å². The lowest BCUT2D eigenvalue weighted by Crippen LogP contribution is -1.98. The van der Waals surface area contributed by atoms with Gasteiger partial charge >= 0.3 is 11.6 Å². The van der Waals surface area contributed by atoms with Crippen LogP contribution >= 0.6 is 11.6 Å². The van der Waals surface area contributed by atoms with E-state index in [1.165, 1.54) is 18.5 Å². The Bertz CT molecular complexity index is 1090. The summed E-state index contributed by atoms with van der Waals surface area (Å²) >= 11 is 5.76. The number of benzene rings is 2. The molecule has 0 aliphatic rings. The van der Waals surface area contributed by atoms with Crippen molar-refractivity contribution in [2.24, 2.45) is 0 Å². The SMILES string of the molecule is O=c1cc(-c2ccccc2)c2ccc(Oc3ncc(Cl)cn3)cc2o1. The normalized spacial score (nSPS) is 10.8. The average molecular weight is 351 g/mol. The minimum absolute atomic E-state index is 0.158. The van der Waals surface area contributed by atoms with Crippen molar-refractivity contribution in [3.8, 4) is 22.9 Å². The van der Waals surface area contributed by atoms with Gasteiger partial charge in [-0.1, -0.05) is 41.9 Å². The van der Waals surface area contributed by atoms with E-state index in [0.717, 1.165) is 16.5 Å². The molecular formula is C19H11ClN2O3. The Kier molecular flexibility index (Phi) is 3.91. The van der Waals surface area contributed by atoms with Crippen LogP contribution in [0.2, 0.25) is 5.02 Å². The van der Waals surface area contributed by atoms with Crippen LogP contribution in [0.5, 0.6) is 11.8 Å². The molecule has 122 valence electrons. The lowest BCUT2D eigenvalue weighted by atomic mass is 10.0. The summed E-state index contributed by atoms with van der Waals surface area (Å²) < 4.78 is 10.9. The Morgan fingerprint density at radius 1 is 0.960 bits per heavy atom. The van der Waals surface area contributed by atoms with Crippen molar-refractivity contribution in [3.63, 3.8) is 0 Å². The van der Waals surface area contributed by atoms with Gasteiger partial charge in [0.1, 0.15) is 11.3 Å². The average Bonchev–Trinajstić information content (AvgIpc) is 2.63. The Hall–Kier alpha value is -3.18. The summed E-state index contributed by atoms with van der Waals surface area (Å²) in [5.41, 5.74) is 1.75. The second-order valence-electron chi connectivity index (χ2n) is 5.29. The predicted octanol–water partition coefficient (Wildman–Crippen LogP) is 4.70. The van der Waals surface area contributed by atoms with Crippen molar-refractivity contribution < 1.29 is 9.15 Å². The van der Waals surface area contributed by atoms with Gasteiger partial charge in [-0.2, -0.15) is 0 Å². The molecule has 0 fully saturated rings. The van der Waals surface area contributed by atoms with E-state index in [-0.39, 0.29) is 6.01 Å². The van der Waals surface area contributed by atoms with Crippen LogP contribution < -0.4 is 10.4 Å². The van der Waals surface area contributed by atoms with Gasteiger partial charge in [0.05, 0.1) is 17.4 Å². The maximum atomic E-state index is 11.9. The number of fused-ring (bicyclic) bond motifs is 1. The Balaban J connectivity index is 1.79. The summed E-state index contributed by atoms with van der Waals surface area (Å²) in [5, 5.41) is 1.24. The van der Waals surface area contributed by atoms with Crippen molar-refractivity contribution in [1.29, 1.82) is 0 Å². The van der Waals surface area contributed by atoms with Crippen molar-refractivity contribution in [2.45, 2.75) is 0 Å². The van der Waals surface area contributed by atoms with Crippen LogP contribution in [-0.2, 0) is 0 Å². The third-order valence-electron chi connectivity index (χ3n) is 3.61. The molecule has 2 aromatic carbocycles. The summed E-state index contributed by atoms with van der Waals surface area (Å²) in [7, 11) is 0. The summed E-state index contributed by atoms with van der Waals surface area (Å²) in [6.07, 6.45) is 2.89. The second kappa shape index (κ2) is 6.37. The van der Waals surface area contributed by atoms with Gasteiger partial charge in [-0.25, -0.2) is 14.8 Å². The summed E-state index contributed by atoms with van der Waals surface area (Å²) in [5.74, 6) is 0.461. The van der Waals surface area contributed by atoms with Gasteiger partial charge in [-0.3, -0.25) is 0 Å². The fourth-order valence-electron chi connectivity index (χ4n) is 2.52. The van der Waals surface area contributed by atoms with E-state index < -0.39 is 5.63 Å². The topological polar surface area (TPSA) is 65.2 Å². The summed E-state index contributed by atoms with van der Waals surface area (Å²) in [6, 6.07) is 16.6. The van der Waals surface area contributed by atoms with Gasteiger partial charge < -0.3 is 9.15 Å². The Morgan fingerprint density at radius 2 is 1.72 bits per heavy atom. The first-order chi connectivity index (χ1) is 12.2. The third kappa shape index (κ3) is 3.22. The maximum absolute atomic E-state index is 11.9. The fraction of sp³-hybridized carbons (Fsp3) is 0. The highest BCUT2D eigenvalue weighted by atomic mass is 35.5. The monoisotopic (exact) mass is 350 g/mol. The molecule has 0 amide bonds. The van der Waals surface area contributed by atoms with Crippen molar-refractivity contribution in [2.75, 3.05) is 0 Å². The number of aromatic nitrogens is 2. The highest BCUT2D eigenvalue weighted by molar-refractivity contribution is 6.30. The first-order valence-corrected chi connectivity index (χ1v) is 7.85. The lowest BCUT2D eigenvalue weighted by Gasteiger charge is -2.08. The van der Waals surface area contributed by atoms with Gasteiger partial charge in [0.2, 0.25) is 0 Å². The van der Waals surface area contributed by atoms with Crippen LogP contribution in [0.4, 0.5) is 0 Å². The first-order valence-electron chi connectivity index (χ1n) is 7.48. The van der Waals surface area contributed by atoms with Gasteiger partial charge in [0.15, 0.2) is 0 Å². The van der Waals surface area contributed by atoms with Gasteiger partial charge in [-0.15, -0.1) is 0 Å². The molecule has 0 saturated heterocycles. The van der Waals surface area contributed by atoms with E-state index in [1.807, 2.05) is 36.4 Å². The highest BCUT2D eigenvalue weighted by Gasteiger charge is 2.10. The quantitative estimate of drug-likeness (QED) is 0.501. The molecule has 4 rings (SSSR count). The van der Waals surface area contributed by atoms with Crippen LogP contribution in [0.15, 0.2) is 76.2 Å². The van der Waals surface area contributed by atoms with Gasteiger partial charge in [-0.05, 0) is 23.3 Å². The van der Waals surface area contributed by atoms with Crippen molar-refractivity contribution in [3.05, 3.63) is 82.4 Å². The second-order valence-corrected chi connectivity index (χ2v) is 5.73. The minimum atomic E-state index is -0.425. The molecule has 0 saturated carbocycles. The molecule has 0 aliphatic heterocycles. The van der Waals surface area contributed by atoms with Crippen molar-refractivity contribution >= 4 is 22.6 Å². The largest absolute Gasteiger partial charge is 0.424 e. The number of hydrogen-bond donors (Lipinski definition) is 0. The zero-order chi connectivity index (χ0) is 17.2. The molecular weight excluding hydrogens is 340 g/mol. The molecule has 0 radical (unpaired) electrons. The molecule has 0 N–H and O–H groups in total. The minimum Gasteiger partial charge on any atom is -0.424 e.